The van der Waals surface area contributed by atoms with E-state index in [4.69, 9.17) is 9.63 Å². The Morgan fingerprint density at radius 1 is 1.40 bits per heavy atom. The van der Waals surface area contributed by atoms with E-state index in [0.29, 0.717) is 18.4 Å². The Kier molecular flexibility index (Phi) is 6.48. The van der Waals surface area contributed by atoms with Crippen molar-refractivity contribution in [3.8, 4) is 0 Å². The van der Waals surface area contributed by atoms with Gasteiger partial charge in [-0.2, -0.15) is 0 Å². The van der Waals surface area contributed by atoms with Crippen LogP contribution in [0.3, 0.4) is 0 Å². The van der Waals surface area contributed by atoms with Crippen molar-refractivity contribution in [3.63, 3.8) is 0 Å². The first-order valence-electron chi connectivity index (χ1n) is 4.60. The van der Waals surface area contributed by atoms with Gasteiger partial charge in [-0.25, -0.2) is 4.79 Å². The molecule has 0 spiro atoms. The summed E-state index contributed by atoms with van der Waals surface area (Å²) >= 11 is 0. The summed E-state index contributed by atoms with van der Waals surface area (Å²) in [6.07, 6.45) is 1.17. The van der Waals surface area contributed by atoms with Gasteiger partial charge in [0.05, 0.1) is 13.2 Å². The van der Waals surface area contributed by atoms with Gasteiger partial charge in [-0.05, 0) is 19.8 Å². The van der Waals surface area contributed by atoms with E-state index in [1.54, 1.807) is 6.92 Å². The molecule has 1 unspecified atom stereocenters. The summed E-state index contributed by atoms with van der Waals surface area (Å²) in [4.78, 5) is 19.7. The van der Waals surface area contributed by atoms with Gasteiger partial charge in [0.1, 0.15) is 0 Å². The molecule has 0 saturated heterocycles. The Labute approximate surface area is 89.6 Å². The fourth-order valence-electron chi connectivity index (χ4n) is 0.726. The average Bonchev–Trinajstić information content (AvgIpc) is 2.08. The zero-order valence-corrected chi connectivity index (χ0v) is 9.96. The molecular formula is C9H17O5P. The first-order chi connectivity index (χ1) is 6.83. The molecule has 0 aliphatic heterocycles. The van der Waals surface area contributed by atoms with E-state index in [9.17, 15) is 9.36 Å². The highest BCUT2D eigenvalue weighted by Crippen LogP contribution is 2.36. The van der Waals surface area contributed by atoms with E-state index in [0.717, 1.165) is 6.66 Å². The van der Waals surface area contributed by atoms with Crippen LogP contribution in [0.2, 0.25) is 0 Å². The minimum absolute atomic E-state index is 0.189. The summed E-state index contributed by atoms with van der Waals surface area (Å²) in [5.74, 6) is -0.417. The van der Waals surface area contributed by atoms with Crippen LogP contribution in [0.4, 0.5) is 0 Å². The smallest absolute Gasteiger partial charge is 0.333 e. The third-order valence-corrected chi connectivity index (χ3v) is 2.11. The predicted molar refractivity (Wildman–Crippen MR) is 56.7 cm³/mol. The molecule has 0 bridgehead atoms. The average molecular weight is 236 g/mol. The highest BCUT2D eigenvalue weighted by atomic mass is 31.2. The molecular weight excluding hydrogens is 219 g/mol. The van der Waals surface area contributed by atoms with Crippen molar-refractivity contribution in [2.45, 2.75) is 19.8 Å². The van der Waals surface area contributed by atoms with Crippen LogP contribution in [0.15, 0.2) is 12.2 Å². The molecule has 0 saturated carbocycles. The molecule has 0 heterocycles. The third-order valence-electron chi connectivity index (χ3n) is 1.45. The van der Waals surface area contributed by atoms with Gasteiger partial charge in [-0.1, -0.05) is 6.58 Å². The predicted octanol–water partition coefficient (Wildman–Crippen LogP) is 1.72. The van der Waals surface area contributed by atoms with Crippen molar-refractivity contribution in [1.29, 1.82) is 0 Å². The number of carbonyl (C=O) groups is 1. The van der Waals surface area contributed by atoms with Crippen molar-refractivity contribution in [2.24, 2.45) is 0 Å². The molecule has 5 nitrogen and oxygen atoms in total. The summed E-state index contributed by atoms with van der Waals surface area (Å²) < 4.78 is 20.1. The number of carbonyl (C=O) groups excluding carboxylic acids is 1. The van der Waals surface area contributed by atoms with Crippen molar-refractivity contribution in [2.75, 3.05) is 19.9 Å². The molecule has 0 aromatic carbocycles. The van der Waals surface area contributed by atoms with Gasteiger partial charge in [0.2, 0.25) is 0 Å². The number of hydrogen-bond donors (Lipinski definition) is 1. The summed E-state index contributed by atoms with van der Waals surface area (Å²) in [6, 6.07) is 0. The van der Waals surface area contributed by atoms with Crippen LogP contribution in [0.1, 0.15) is 19.8 Å². The fourth-order valence-corrected chi connectivity index (χ4v) is 1.19. The van der Waals surface area contributed by atoms with Crippen LogP contribution in [0.25, 0.3) is 0 Å². The Balaban J connectivity index is 3.37. The number of esters is 1. The fraction of sp³-hybridized carbons (Fsp3) is 0.667. The van der Waals surface area contributed by atoms with Crippen LogP contribution in [0, 0.1) is 0 Å². The summed E-state index contributed by atoms with van der Waals surface area (Å²) in [6.45, 7) is 6.60. The molecule has 0 radical (unpaired) electrons. The topological polar surface area (TPSA) is 72.8 Å². The van der Waals surface area contributed by atoms with Gasteiger partial charge in [0.15, 0.2) is 0 Å². The molecule has 0 aromatic rings. The molecule has 0 rings (SSSR count). The number of ether oxygens (including phenoxy) is 1. The molecule has 0 aliphatic carbocycles. The number of rotatable bonds is 7. The summed E-state index contributed by atoms with van der Waals surface area (Å²) in [5.41, 5.74) is 0.361. The van der Waals surface area contributed by atoms with E-state index >= 15 is 0 Å². The molecule has 0 aromatic heterocycles. The molecule has 0 fully saturated rings. The minimum Gasteiger partial charge on any atom is -0.462 e. The van der Waals surface area contributed by atoms with Crippen molar-refractivity contribution >= 4 is 13.6 Å². The summed E-state index contributed by atoms with van der Waals surface area (Å²) in [7, 11) is -3.37. The van der Waals surface area contributed by atoms with E-state index in [1.807, 2.05) is 0 Å². The molecule has 0 aliphatic rings. The Morgan fingerprint density at radius 3 is 2.40 bits per heavy atom. The van der Waals surface area contributed by atoms with Crippen molar-refractivity contribution < 1.29 is 23.5 Å². The molecule has 6 heteroatoms. The minimum atomic E-state index is -3.37. The molecule has 1 atom stereocenters. The second-order valence-electron chi connectivity index (χ2n) is 3.26. The SMILES string of the molecule is C=C(C)C(=O)OCCCCOP(C)(=O)O. The molecule has 88 valence electrons. The van der Waals surface area contributed by atoms with E-state index in [-0.39, 0.29) is 13.2 Å². The van der Waals surface area contributed by atoms with E-state index < -0.39 is 13.6 Å². The molecule has 15 heavy (non-hydrogen) atoms. The molecule has 1 N–H and O–H groups in total. The second kappa shape index (κ2) is 6.77. The van der Waals surface area contributed by atoms with Crippen LogP contribution >= 0.6 is 7.60 Å². The largest absolute Gasteiger partial charge is 0.462 e. The first kappa shape index (κ1) is 14.4. The number of unbranched alkanes of at least 4 members (excludes halogenated alkanes) is 1. The van der Waals surface area contributed by atoms with E-state index in [1.165, 1.54) is 0 Å². The van der Waals surface area contributed by atoms with Gasteiger partial charge in [0, 0.05) is 12.2 Å². The van der Waals surface area contributed by atoms with Gasteiger partial charge in [-0.15, -0.1) is 0 Å². The maximum Gasteiger partial charge on any atom is 0.333 e. The van der Waals surface area contributed by atoms with Crippen LogP contribution < -0.4 is 0 Å². The first-order valence-corrected chi connectivity index (χ1v) is 6.63. The van der Waals surface area contributed by atoms with Crippen LogP contribution in [0.5, 0.6) is 0 Å². The lowest BCUT2D eigenvalue weighted by molar-refractivity contribution is -0.139. The maximum atomic E-state index is 10.9. The Hall–Kier alpha value is -0.640. The lowest BCUT2D eigenvalue weighted by atomic mass is 10.3. The van der Waals surface area contributed by atoms with Crippen LogP contribution in [-0.2, 0) is 18.6 Å². The standard InChI is InChI=1S/C9H17O5P/c1-8(2)9(10)13-6-4-5-7-14-15(3,11)12/h1,4-7H2,2-3H3,(H,11,12). The monoisotopic (exact) mass is 236 g/mol. The third kappa shape index (κ3) is 9.66. The van der Waals surface area contributed by atoms with E-state index in [2.05, 4.69) is 11.1 Å². The van der Waals surface area contributed by atoms with Crippen molar-refractivity contribution in [1.82, 2.24) is 0 Å². The van der Waals surface area contributed by atoms with Crippen molar-refractivity contribution in [3.05, 3.63) is 12.2 Å². The second-order valence-corrected chi connectivity index (χ2v) is 5.12. The highest BCUT2D eigenvalue weighted by molar-refractivity contribution is 7.51. The van der Waals surface area contributed by atoms with Crippen LogP contribution in [-0.4, -0.2) is 30.7 Å². The van der Waals surface area contributed by atoms with Gasteiger partial charge < -0.3 is 14.2 Å². The summed E-state index contributed by atoms with van der Waals surface area (Å²) in [5, 5.41) is 0. The Morgan fingerprint density at radius 2 is 1.93 bits per heavy atom. The lowest BCUT2D eigenvalue weighted by Crippen LogP contribution is -2.06. The van der Waals surface area contributed by atoms with Gasteiger partial charge in [-0.3, -0.25) is 4.57 Å². The Bertz CT molecular complexity index is 268. The normalized spacial score (nSPS) is 14.3. The van der Waals surface area contributed by atoms with Gasteiger partial charge in [0.25, 0.3) is 0 Å². The zero-order valence-electron chi connectivity index (χ0n) is 9.06. The van der Waals surface area contributed by atoms with Gasteiger partial charge >= 0.3 is 13.6 Å². The maximum absolute atomic E-state index is 10.9. The lowest BCUT2D eigenvalue weighted by Gasteiger charge is -2.07. The highest BCUT2D eigenvalue weighted by Gasteiger charge is 2.08. The zero-order chi connectivity index (χ0) is 11.9. The quantitative estimate of drug-likeness (QED) is 0.315. The molecule has 0 amide bonds. The number of hydrogen-bond acceptors (Lipinski definition) is 4.